The van der Waals surface area contributed by atoms with Crippen molar-refractivity contribution in [1.29, 1.82) is 0 Å². The summed E-state index contributed by atoms with van der Waals surface area (Å²) in [5.74, 6) is 1.18. The number of rotatable bonds is 2. The molecule has 140 valence electrons. The van der Waals surface area contributed by atoms with E-state index in [0.717, 1.165) is 29.0 Å². The largest absolute Gasteiger partial charge is 0.468 e. The van der Waals surface area contributed by atoms with E-state index < -0.39 is 0 Å². The lowest BCUT2D eigenvalue weighted by Gasteiger charge is -2.42. The molecule has 0 bridgehead atoms. The third-order valence-electron chi connectivity index (χ3n) is 6.01. The van der Waals surface area contributed by atoms with Gasteiger partial charge in [-0.2, -0.15) is 5.10 Å². The zero-order valence-electron chi connectivity index (χ0n) is 15.1. The van der Waals surface area contributed by atoms with Crippen LogP contribution in [0.1, 0.15) is 55.7 Å². The summed E-state index contributed by atoms with van der Waals surface area (Å²) in [7, 11) is 0. The topological polar surface area (TPSA) is 24.8 Å². The van der Waals surface area contributed by atoms with Gasteiger partial charge >= 0.3 is 0 Å². The van der Waals surface area contributed by atoms with Crippen molar-refractivity contribution in [1.82, 2.24) is 5.01 Å². The summed E-state index contributed by atoms with van der Waals surface area (Å²) in [6, 6.07) is 12.6. The lowest BCUT2D eigenvalue weighted by molar-refractivity contribution is -0.0643. The highest BCUT2D eigenvalue weighted by Crippen LogP contribution is 2.47. The molecule has 0 spiro atoms. The Balaban J connectivity index is 1.53. The lowest BCUT2D eigenvalue weighted by Crippen LogP contribution is -2.45. The Morgan fingerprint density at radius 3 is 2.59 bits per heavy atom. The number of hydrogen-bond donors (Lipinski definition) is 0. The molecule has 2 aromatic carbocycles. The fourth-order valence-electron chi connectivity index (χ4n) is 4.63. The van der Waals surface area contributed by atoms with Crippen LogP contribution in [0.3, 0.4) is 0 Å². The number of hydrazone groups is 1. The van der Waals surface area contributed by atoms with Crippen LogP contribution in [0.5, 0.6) is 5.75 Å². The van der Waals surface area contributed by atoms with Gasteiger partial charge in [0.25, 0.3) is 0 Å². The summed E-state index contributed by atoms with van der Waals surface area (Å²) in [6.45, 7) is 0. The van der Waals surface area contributed by atoms with Crippen molar-refractivity contribution in [2.75, 3.05) is 0 Å². The van der Waals surface area contributed by atoms with Gasteiger partial charge < -0.3 is 4.74 Å². The molecular weight excluding hydrogens is 363 g/mol. The second kappa shape index (κ2) is 6.83. The van der Waals surface area contributed by atoms with Crippen molar-refractivity contribution in [2.45, 2.75) is 50.8 Å². The van der Waals surface area contributed by atoms with Gasteiger partial charge in [-0.15, -0.1) is 0 Å². The summed E-state index contributed by atoms with van der Waals surface area (Å²) in [5, 5.41) is 7.81. The molecule has 27 heavy (non-hydrogen) atoms. The molecule has 2 unspecified atom stereocenters. The van der Waals surface area contributed by atoms with Crippen molar-refractivity contribution >= 4 is 17.3 Å². The van der Waals surface area contributed by atoms with E-state index in [-0.39, 0.29) is 18.1 Å². The minimum Gasteiger partial charge on any atom is -0.468 e. The second-order valence-electron chi connectivity index (χ2n) is 7.74. The average molecular weight is 385 g/mol. The molecule has 1 fully saturated rings. The minimum absolute atomic E-state index is 0.0399. The maximum Gasteiger partial charge on any atom is 0.190 e. The van der Waals surface area contributed by atoms with E-state index in [9.17, 15) is 4.39 Å². The molecule has 1 aliphatic carbocycles. The third kappa shape index (κ3) is 3.10. The first-order chi connectivity index (χ1) is 13.2. The van der Waals surface area contributed by atoms with Crippen molar-refractivity contribution in [2.24, 2.45) is 11.0 Å². The van der Waals surface area contributed by atoms with Gasteiger partial charge in [0.05, 0.1) is 11.8 Å². The van der Waals surface area contributed by atoms with E-state index in [2.05, 4.69) is 5.01 Å². The predicted octanol–water partition coefficient (Wildman–Crippen LogP) is 5.93. The van der Waals surface area contributed by atoms with Crippen LogP contribution in [0.15, 0.2) is 47.6 Å². The normalized spacial score (nSPS) is 24.8. The highest BCUT2D eigenvalue weighted by atomic mass is 35.5. The zero-order valence-corrected chi connectivity index (χ0v) is 15.8. The molecule has 5 rings (SSSR count). The quantitative estimate of drug-likeness (QED) is 0.641. The molecule has 2 aliphatic heterocycles. The Hall–Kier alpha value is -2.07. The van der Waals surface area contributed by atoms with Gasteiger partial charge in [-0.3, -0.25) is 0 Å². The van der Waals surface area contributed by atoms with E-state index >= 15 is 0 Å². The van der Waals surface area contributed by atoms with Crippen molar-refractivity contribution < 1.29 is 9.13 Å². The number of nitrogens with zero attached hydrogens (tertiary/aromatic N) is 2. The first-order valence-corrected chi connectivity index (χ1v) is 10.1. The van der Waals surface area contributed by atoms with Crippen LogP contribution >= 0.6 is 11.6 Å². The number of benzene rings is 2. The summed E-state index contributed by atoms with van der Waals surface area (Å²) in [4.78, 5) is 0. The molecular formula is C22H22ClFN2O. The lowest BCUT2D eigenvalue weighted by atomic mass is 9.86. The van der Waals surface area contributed by atoms with Gasteiger partial charge in [0.2, 0.25) is 0 Å². The van der Waals surface area contributed by atoms with Crippen LogP contribution in [0, 0.1) is 11.7 Å². The Morgan fingerprint density at radius 1 is 1.04 bits per heavy atom. The molecule has 0 aromatic heterocycles. The maximum atomic E-state index is 13.3. The minimum atomic E-state index is -0.226. The van der Waals surface area contributed by atoms with E-state index in [4.69, 9.17) is 21.4 Å². The highest BCUT2D eigenvalue weighted by Gasteiger charge is 2.43. The predicted molar refractivity (Wildman–Crippen MR) is 105 cm³/mol. The molecule has 2 atom stereocenters. The molecule has 3 aliphatic rings. The second-order valence-corrected chi connectivity index (χ2v) is 8.18. The first kappa shape index (κ1) is 17.1. The van der Waals surface area contributed by atoms with Gasteiger partial charge in [0.15, 0.2) is 6.23 Å². The Kier molecular flexibility index (Phi) is 4.31. The van der Waals surface area contributed by atoms with Gasteiger partial charge in [0, 0.05) is 22.9 Å². The standard InChI is InChI=1S/C22H22ClFN2O/c23-16-8-11-21-18(12-16)20-13-19(14-6-9-17(24)10-7-14)25-26(20)22(27-21)15-4-2-1-3-5-15/h6-12,15,20,22H,1-5,13H2. The van der Waals surface area contributed by atoms with Gasteiger partial charge in [0.1, 0.15) is 11.6 Å². The molecule has 0 radical (unpaired) electrons. The maximum absolute atomic E-state index is 13.3. The monoisotopic (exact) mass is 384 g/mol. The van der Waals surface area contributed by atoms with Crippen LogP contribution in [-0.4, -0.2) is 16.9 Å². The SMILES string of the molecule is Fc1ccc(C2=NN3C(C2)c2cc(Cl)ccc2OC3C2CCCCC2)cc1. The Labute approximate surface area is 163 Å². The van der Waals surface area contributed by atoms with Crippen LogP contribution in [0.2, 0.25) is 5.02 Å². The average Bonchev–Trinajstić information content (AvgIpc) is 3.14. The molecule has 5 heteroatoms. The fourth-order valence-corrected chi connectivity index (χ4v) is 4.81. The first-order valence-electron chi connectivity index (χ1n) is 9.77. The van der Waals surface area contributed by atoms with Crippen molar-refractivity contribution in [3.63, 3.8) is 0 Å². The van der Waals surface area contributed by atoms with Crippen LogP contribution < -0.4 is 4.74 Å². The number of ether oxygens (including phenoxy) is 1. The van der Waals surface area contributed by atoms with E-state index in [0.29, 0.717) is 10.9 Å². The molecule has 2 aromatic rings. The smallest absolute Gasteiger partial charge is 0.190 e. The van der Waals surface area contributed by atoms with Crippen LogP contribution in [0.4, 0.5) is 4.39 Å². The highest BCUT2D eigenvalue weighted by molar-refractivity contribution is 6.30. The molecule has 2 heterocycles. The molecule has 1 saturated carbocycles. The Bertz CT molecular complexity index is 876. The van der Waals surface area contributed by atoms with Crippen LogP contribution in [0.25, 0.3) is 0 Å². The fraction of sp³-hybridized carbons (Fsp3) is 0.409. The van der Waals surface area contributed by atoms with E-state index in [1.54, 1.807) is 0 Å². The van der Waals surface area contributed by atoms with Gasteiger partial charge in [-0.1, -0.05) is 43.0 Å². The zero-order chi connectivity index (χ0) is 18.4. The van der Waals surface area contributed by atoms with Crippen LogP contribution in [-0.2, 0) is 0 Å². The number of halogens is 2. The summed E-state index contributed by atoms with van der Waals surface area (Å²) in [5.41, 5.74) is 3.05. The molecule has 3 nitrogen and oxygen atoms in total. The van der Waals surface area contributed by atoms with Gasteiger partial charge in [-0.25, -0.2) is 9.40 Å². The molecule has 0 amide bonds. The summed E-state index contributed by atoms with van der Waals surface area (Å²) >= 11 is 6.27. The van der Waals surface area contributed by atoms with Crippen molar-refractivity contribution in [3.05, 3.63) is 64.4 Å². The summed E-state index contributed by atoms with van der Waals surface area (Å²) in [6.07, 6.45) is 6.92. The molecule has 0 saturated heterocycles. The third-order valence-corrected chi connectivity index (χ3v) is 6.25. The number of fused-ring (bicyclic) bond motifs is 3. The summed E-state index contributed by atoms with van der Waals surface area (Å²) < 4.78 is 19.8. The van der Waals surface area contributed by atoms with Gasteiger partial charge in [-0.05, 0) is 48.7 Å². The number of hydrogen-bond acceptors (Lipinski definition) is 3. The molecule has 0 N–H and O–H groups in total. The van der Waals surface area contributed by atoms with E-state index in [1.165, 1.54) is 44.2 Å². The van der Waals surface area contributed by atoms with E-state index in [1.807, 2.05) is 30.3 Å². The Morgan fingerprint density at radius 2 is 1.81 bits per heavy atom. The van der Waals surface area contributed by atoms with Crippen molar-refractivity contribution in [3.8, 4) is 5.75 Å².